The van der Waals surface area contributed by atoms with Gasteiger partial charge < -0.3 is 10.6 Å². The molecule has 1 aromatic rings. The molecule has 0 aliphatic heterocycles. The second kappa shape index (κ2) is 8.86. The van der Waals surface area contributed by atoms with E-state index in [1.807, 2.05) is 20.8 Å². The summed E-state index contributed by atoms with van der Waals surface area (Å²) < 4.78 is 3.99. The zero-order valence-electron chi connectivity index (χ0n) is 12.8. The molecule has 7 heteroatoms. The third-order valence-corrected chi connectivity index (χ3v) is 3.45. The minimum atomic E-state index is 0.0492. The Morgan fingerprint density at radius 3 is 2.75 bits per heavy atom. The van der Waals surface area contributed by atoms with Crippen LogP contribution in [0.4, 0.5) is 5.00 Å². The normalized spacial score (nSPS) is 11.1. The number of rotatable bonds is 9. The summed E-state index contributed by atoms with van der Waals surface area (Å²) in [5.41, 5.74) is 0.919. The molecule has 1 aromatic heterocycles. The van der Waals surface area contributed by atoms with Crippen LogP contribution in [0.25, 0.3) is 0 Å². The molecule has 0 saturated carbocycles. The highest BCUT2D eigenvalue weighted by Crippen LogP contribution is 2.19. The summed E-state index contributed by atoms with van der Waals surface area (Å²) in [5.74, 6) is 0.0492. The average Bonchev–Trinajstić information content (AvgIpc) is 2.81. The Kier molecular flexibility index (Phi) is 7.46. The van der Waals surface area contributed by atoms with Crippen LogP contribution >= 0.6 is 11.5 Å². The highest BCUT2D eigenvalue weighted by atomic mass is 32.1. The van der Waals surface area contributed by atoms with Crippen molar-refractivity contribution in [3.8, 4) is 0 Å². The molecule has 0 aliphatic rings. The summed E-state index contributed by atoms with van der Waals surface area (Å²) in [7, 11) is 0. The van der Waals surface area contributed by atoms with E-state index in [-0.39, 0.29) is 11.9 Å². The van der Waals surface area contributed by atoms with Crippen LogP contribution in [0.15, 0.2) is 0 Å². The van der Waals surface area contributed by atoms with Gasteiger partial charge in [-0.25, -0.2) is 0 Å². The van der Waals surface area contributed by atoms with Crippen LogP contribution in [0.1, 0.15) is 39.8 Å². The third kappa shape index (κ3) is 5.83. The van der Waals surface area contributed by atoms with Crippen LogP contribution in [0, 0.1) is 0 Å². The fraction of sp³-hybridized carbons (Fsp3) is 0.769. The van der Waals surface area contributed by atoms with Gasteiger partial charge in [-0.05, 0) is 26.8 Å². The van der Waals surface area contributed by atoms with E-state index in [2.05, 4.69) is 32.0 Å². The molecule has 0 aliphatic carbocycles. The maximum atomic E-state index is 11.8. The first-order chi connectivity index (χ1) is 9.56. The molecule has 0 aromatic carbocycles. The number of anilines is 1. The topological polar surface area (TPSA) is 70.2 Å². The smallest absolute Gasteiger partial charge is 0.234 e. The van der Waals surface area contributed by atoms with Crippen molar-refractivity contribution in [2.45, 2.75) is 46.7 Å². The monoisotopic (exact) mass is 299 g/mol. The van der Waals surface area contributed by atoms with Gasteiger partial charge in [-0.15, -0.1) is 5.10 Å². The van der Waals surface area contributed by atoms with Gasteiger partial charge >= 0.3 is 0 Å². The minimum Gasteiger partial charge on any atom is -0.374 e. The van der Waals surface area contributed by atoms with E-state index in [4.69, 9.17) is 0 Å². The Morgan fingerprint density at radius 1 is 1.40 bits per heavy atom. The fourth-order valence-electron chi connectivity index (χ4n) is 1.75. The lowest BCUT2D eigenvalue weighted by Gasteiger charge is -2.20. The van der Waals surface area contributed by atoms with E-state index in [1.165, 1.54) is 11.5 Å². The first kappa shape index (κ1) is 16.8. The first-order valence-corrected chi connectivity index (χ1v) is 7.90. The van der Waals surface area contributed by atoms with E-state index in [0.29, 0.717) is 13.1 Å². The van der Waals surface area contributed by atoms with Crippen molar-refractivity contribution in [3.05, 3.63) is 5.69 Å². The highest BCUT2D eigenvalue weighted by Gasteiger charge is 2.15. The Balaban J connectivity index is 2.55. The highest BCUT2D eigenvalue weighted by molar-refractivity contribution is 7.10. The van der Waals surface area contributed by atoms with Crippen LogP contribution in [-0.4, -0.2) is 46.1 Å². The molecule has 1 rings (SSSR count). The van der Waals surface area contributed by atoms with E-state index in [9.17, 15) is 4.79 Å². The maximum Gasteiger partial charge on any atom is 0.234 e. The number of nitrogens with zero attached hydrogens (tertiary/aromatic N) is 3. The Labute approximate surface area is 125 Å². The Morgan fingerprint density at radius 2 is 2.15 bits per heavy atom. The number of hydrogen-bond acceptors (Lipinski definition) is 6. The number of hydrogen-bond donors (Lipinski definition) is 2. The molecule has 0 unspecified atom stereocenters. The lowest BCUT2D eigenvalue weighted by molar-refractivity contribution is -0.122. The largest absolute Gasteiger partial charge is 0.374 e. The molecule has 6 nitrogen and oxygen atoms in total. The molecule has 0 spiro atoms. The van der Waals surface area contributed by atoms with Crippen molar-refractivity contribution in [3.63, 3.8) is 0 Å². The predicted octanol–water partition coefficient (Wildman–Crippen LogP) is 1.71. The lowest BCUT2D eigenvalue weighted by atomic mass is 10.3. The molecule has 1 amide bonds. The molecule has 114 valence electrons. The van der Waals surface area contributed by atoms with E-state index in [0.717, 1.165) is 30.2 Å². The average molecular weight is 299 g/mol. The molecule has 0 bridgehead atoms. The van der Waals surface area contributed by atoms with Crippen LogP contribution in [-0.2, 0) is 11.3 Å². The van der Waals surface area contributed by atoms with Crippen molar-refractivity contribution < 1.29 is 4.79 Å². The van der Waals surface area contributed by atoms with Crippen molar-refractivity contribution >= 4 is 22.4 Å². The molecule has 1 heterocycles. The number of nitrogens with one attached hydrogen (secondary N) is 2. The second-order valence-corrected chi connectivity index (χ2v) is 5.76. The molecule has 0 saturated heterocycles. The first-order valence-electron chi connectivity index (χ1n) is 7.13. The van der Waals surface area contributed by atoms with Crippen LogP contribution in [0.5, 0.6) is 0 Å². The summed E-state index contributed by atoms with van der Waals surface area (Å²) >= 11 is 1.37. The molecule has 20 heavy (non-hydrogen) atoms. The second-order valence-electron chi connectivity index (χ2n) is 5.00. The van der Waals surface area contributed by atoms with Crippen LogP contribution in [0.3, 0.4) is 0 Å². The summed E-state index contributed by atoms with van der Waals surface area (Å²) in [5, 5.41) is 11.4. The van der Waals surface area contributed by atoms with Gasteiger partial charge in [0.2, 0.25) is 5.91 Å². The van der Waals surface area contributed by atoms with E-state index in [1.54, 1.807) is 0 Å². The number of carbonyl (C=O) groups is 1. The molecular formula is C13H25N5OS. The van der Waals surface area contributed by atoms with Crippen molar-refractivity contribution in [1.29, 1.82) is 0 Å². The van der Waals surface area contributed by atoms with Crippen molar-refractivity contribution in [2.24, 2.45) is 0 Å². The number of aromatic nitrogens is 2. The van der Waals surface area contributed by atoms with Gasteiger partial charge in [0.05, 0.1) is 6.54 Å². The predicted molar refractivity (Wildman–Crippen MR) is 82.9 cm³/mol. The quantitative estimate of drug-likeness (QED) is 0.726. The van der Waals surface area contributed by atoms with Gasteiger partial charge in [0.25, 0.3) is 0 Å². The standard InChI is InChI=1S/C13H25N5OS/c1-5-7-14-13-11(16-17-20-13)8-18(6-2)9-12(19)15-10(3)4/h10,14H,5-9H2,1-4H3,(H,15,19). The minimum absolute atomic E-state index is 0.0492. The van der Waals surface area contributed by atoms with Crippen molar-refractivity contribution in [2.75, 3.05) is 25.0 Å². The van der Waals surface area contributed by atoms with Crippen molar-refractivity contribution in [1.82, 2.24) is 19.8 Å². The fourth-order valence-corrected chi connectivity index (χ4v) is 2.35. The van der Waals surface area contributed by atoms with Gasteiger partial charge in [-0.3, -0.25) is 9.69 Å². The Bertz CT molecular complexity index is 407. The number of amides is 1. The molecule has 0 atom stereocenters. The van der Waals surface area contributed by atoms with Crippen LogP contribution in [0.2, 0.25) is 0 Å². The van der Waals surface area contributed by atoms with Gasteiger partial charge in [0.1, 0.15) is 10.7 Å². The van der Waals surface area contributed by atoms with Gasteiger partial charge in [0, 0.05) is 30.7 Å². The number of carbonyl (C=O) groups excluding carboxylic acids is 1. The van der Waals surface area contributed by atoms with Gasteiger partial charge in [-0.2, -0.15) is 0 Å². The zero-order valence-corrected chi connectivity index (χ0v) is 13.6. The summed E-state index contributed by atoms with van der Waals surface area (Å²) in [6.45, 7) is 10.8. The van der Waals surface area contributed by atoms with E-state index < -0.39 is 0 Å². The van der Waals surface area contributed by atoms with E-state index >= 15 is 0 Å². The molecule has 0 fully saturated rings. The van der Waals surface area contributed by atoms with Gasteiger partial charge in [-0.1, -0.05) is 18.3 Å². The third-order valence-electron chi connectivity index (χ3n) is 2.73. The summed E-state index contributed by atoms with van der Waals surface area (Å²) in [6.07, 6.45) is 1.06. The SMILES string of the molecule is CCCNc1snnc1CN(CC)CC(=O)NC(C)C. The van der Waals surface area contributed by atoms with Crippen LogP contribution < -0.4 is 10.6 Å². The summed E-state index contributed by atoms with van der Waals surface area (Å²) in [6, 6.07) is 0.170. The lowest BCUT2D eigenvalue weighted by Crippen LogP contribution is -2.39. The molecule has 0 radical (unpaired) electrons. The Hall–Kier alpha value is -1.21. The maximum absolute atomic E-state index is 11.8. The molecular weight excluding hydrogens is 274 g/mol. The molecule has 2 N–H and O–H groups in total. The summed E-state index contributed by atoms with van der Waals surface area (Å²) in [4.78, 5) is 13.9. The number of likely N-dealkylation sites (N-methyl/N-ethyl adjacent to an activating group) is 1. The van der Waals surface area contributed by atoms with Gasteiger partial charge in [0.15, 0.2) is 0 Å². The zero-order chi connectivity index (χ0) is 15.0.